The zero-order chi connectivity index (χ0) is 29.0. The van der Waals surface area contributed by atoms with Gasteiger partial charge in [-0.15, -0.1) is 0 Å². The van der Waals surface area contributed by atoms with Crippen molar-refractivity contribution in [3.8, 4) is 0 Å². The first-order valence-electron chi connectivity index (χ1n) is 13.8. The fourth-order valence-corrected chi connectivity index (χ4v) is 5.86. The number of hydrogen-bond donors (Lipinski definition) is 1. The Kier molecular flexibility index (Phi) is 9.35. The Balaban J connectivity index is 1.67. The van der Waals surface area contributed by atoms with Gasteiger partial charge in [0.1, 0.15) is 16.7 Å². The number of aliphatic imine (C=N–C) groups is 2. The predicted molar refractivity (Wildman–Crippen MR) is 169 cm³/mol. The van der Waals surface area contributed by atoms with E-state index >= 15 is 0 Å². The van der Waals surface area contributed by atoms with E-state index in [1.807, 2.05) is 52.2 Å². The molecule has 2 atom stereocenters. The maximum absolute atomic E-state index is 13.7. The quantitative estimate of drug-likeness (QED) is 0.354. The van der Waals surface area contributed by atoms with Crippen molar-refractivity contribution in [2.45, 2.75) is 58.5 Å². The predicted octanol–water partition coefficient (Wildman–Crippen LogP) is 5.50. The maximum Gasteiger partial charge on any atom is 0.259 e. The van der Waals surface area contributed by atoms with Crippen molar-refractivity contribution < 1.29 is 4.21 Å². The summed E-state index contributed by atoms with van der Waals surface area (Å²) in [5, 5.41) is 5.68. The molecule has 3 aromatic rings. The highest BCUT2D eigenvalue weighted by Crippen LogP contribution is 2.31. The van der Waals surface area contributed by atoms with Crippen LogP contribution in [0.2, 0.25) is 0 Å². The van der Waals surface area contributed by atoms with Crippen LogP contribution in [0.25, 0.3) is 10.8 Å². The lowest BCUT2D eigenvalue weighted by atomic mass is 9.97. The molecule has 1 N–H and O–H groups in total. The van der Waals surface area contributed by atoms with E-state index in [9.17, 15) is 9.00 Å². The number of aromatic nitrogens is 2. The summed E-state index contributed by atoms with van der Waals surface area (Å²) >= 11 is 0. The molecular formula is C31H40N6O2S. The van der Waals surface area contributed by atoms with Gasteiger partial charge < -0.3 is 10.2 Å². The topological polar surface area (TPSA) is 92.0 Å². The molecule has 1 unspecified atom stereocenters. The lowest BCUT2D eigenvalue weighted by molar-refractivity contribution is 0.683. The van der Waals surface area contributed by atoms with E-state index in [1.54, 1.807) is 10.8 Å². The summed E-state index contributed by atoms with van der Waals surface area (Å²) in [7, 11) is 0.619. The number of pyridine rings is 2. The maximum atomic E-state index is 13.7. The molecule has 40 heavy (non-hydrogen) atoms. The fourth-order valence-electron chi connectivity index (χ4n) is 5.15. The SMILES string of the molecule is CCN(CCCC1=CCN=C(C)N=C1)c1cc2c([C@@H](C)Nc3ccc(C)nc3S(C)=O)cc(C)cc2c(=O)n1C. The lowest BCUT2D eigenvalue weighted by Gasteiger charge is -2.27. The third kappa shape index (κ3) is 6.58. The van der Waals surface area contributed by atoms with Crippen LogP contribution in [0.3, 0.4) is 0 Å². The van der Waals surface area contributed by atoms with Gasteiger partial charge in [-0.2, -0.15) is 0 Å². The van der Waals surface area contributed by atoms with E-state index in [2.05, 4.69) is 57.2 Å². The third-order valence-corrected chi connectivity index (χ3v) is 8.16. The van der Waals surface area contributed by atoms with Gasteiger partial charge in [0.25, 0.3) is 5.56 Å². The average Bonchev–Trinajstić information content (AvgIpc) is 3.13. The molecule has 1 aliphatic heterocycles. The number of amidine groups is 1. The van der Waals surface area contributed by atoms with Crippen molar-refractivity contribution in [2.24, 2.45) is 17.0 Å². The normalized spacial score (nSPS) is 14.9. The first-order chi connectivity index (χ1) is 19.1. The highest BCUT2D eigenvalue weighted by Gasteiger charge is 2.19. The summed E-state index contributed by atoms with van der Waals surface area (Å²) in [5.41, 5.74) is 4.79. The molecule has 0 bridgehead atoms. The van der Waals surface area contributed by atoms with Gasteiger partial charge in [-0.25, -0.2) is 9.98 Å². The Morgan fingerprint density at radius 2 is 1.93 bits per heavy atom. The van der Waals surface area contributed by atoms with Crippen LogP contribution < -0.4 is 15.8 Å². The molecule has 9 heteroatoms. The Morgan fingerprint density at radius 1 is 1.15 bits per heavy atom. The van der Waals surface area contributed by atoms with E-state index < -0.39 is 10.8 Å². The molecule has 0 fully saturated rings. The zero-order valence-corrected chi connectivity index (χ0v) is 25.4. The van der Waals surface area contributed by atoms with Crippen LogP contribution in [0.15, 0.2) is 61.8 Å². The monoisotopic (exact) mass is 560 g/mol. The Morgan fingerprint density at radius 3 is 2.65 bits per heavy atom. The van der Waals surface area contributed by atoms with Crippen molar-refractivity contribution in [3.05, 3.63) is 69.2 Å². The van der Waals surface area contributed by atoms with E-state index in [4.69, 9.17) is 0 Å². The number of rotatable bonds is 10. The first-order valence-corrected chi connectivity index (χ1v) is 15.4. The average molecular weight is 561 g/mol. The smallest absolute Gasteiger partial charge is 0.259 e. The second kappa shape index (κ2) is 12.7. The van der Waals surface area contributed by atoms with E-state index in [1.165, 1.54) is 5.57 Å². The largest absolute Gasteiger partial charge is 0.376 e. The van der Waals surface area contributed by atoms with Gasteiger partial charge in [0, 0.05) is 49.7 Å². The highest BCUT2D eigenvalue weighted by molar-refractivity contribution is 7.84. The summed E-state index contributed by atoms with van der Waals surface area (Å²) in [6.07, 6.45) is 7.53. The molecule has 3 heterocycles. The summed E-state index contributed by atoms with van der Waals surface area (Å²) in [6, 6.07) is 9.94. The number of anilines is 2. The van der Waals surface area contributed by atoms with Crippen LogP contribution in [0.5, 0.6) is 0 Å². The summed E-state index contributed by atoms with van der Waals surface area (Å²) in [6.45, 7) is 12.3. The zero-order valence-electron chi connectivity index (χ0n) is 24.6. The van der Waals surface area contributed by atoms with Crippen molar-refractivity contribution in [1.29, 1.82) is 0 Å². The molecule has 0 radical (unpaired) electrons. The Hall–Kier alpha value is -3.59. The van der Waals surface area contributed by atoms with Crippen LogP contribution >= 0.6 is 0 Å². The van der Waals surface area contributed by atoms with Crippen molar-refractivity contribution >= 4 is 45.1 Å². The fraction of sp³-hybridized carbons (Fsp3) is 0.419. The third-order valence-electron chi connectivity index (χ3n) is 7.31. The van der Waals surface area contributed by atoms with Crippen molar-refractivity contribution in [1.82, 2.24) is 9.55 Å². The number of fused-ring (bicyclic) bond motifs is 1. The molecule has 212 valence electrons. The van der Waals surface area contributed by atoms with E-state index in [-0.39, 0.29) is 11.6 Å². The van der Waals surface area contributed by atoms with E-state index in [0.29, 0.717) is 17.0 Å². The summed E-state index contributed by atoms with van der Waals surface area (Å²) in [4.78, 5) is 29.2. The number of nitrogens with one attached hydrogen (secondary N) is 1. The van der Waals surface area contributed by atoms with Crippen LogP contribution in [-0.2, 0) is 17.8 Å². The van der Waals surface area contributed by atoms with Crippen LogP contribution in [0, 0.1) is 13.8 Å². The minimum atomic E-state index is -1.23. The van der Waals surface area contributed by atoms with Gasteiger partial charge in [-0.3, -0.25) is 18.6 Å². The number of aryl methyl sites for hydroxylation is 2. The Labute approximate surface area is 239 Å². The number of nitrogens with zero attached hydrogens (tertiary/aromatic N) is 5. The van der Waals surface area contributed by atoms with Gasteiger partial charge in [-0.05, 0) is 93.8 Å². The van der Waals surface area contributed by atoms with Gasteiger partial charge in [0.05, 0.1) is 23.0 Å². The first kappa shape index (κ1) is 29.4. The molecule has 1 aromatic carbocycles. The van der Waals surface area contributed by atoms with Gasteiger partial charge in [0.2, 0.25) is 0 Å². The summed E-state index contributed by atoms with van der Waals surface area (Å²) < 4.78 is 14.2. The van der Waals surface area contributed by atoms with Gasteiger partial charge in [-0.1, -0.05) is 12.1 Å². The van der Waals surface area contributed by atoms with Crippen LogP contribution in [-0.4, -0.2) is 51.7 Å². The molecular weight excluding hydrogens is 520 g/mol. The van der Waals surface area contributed by atoms with Crippen molar-refractivity contribution in [2.75, 3.05) is 36.1 Å². The molecule has 0 aliphatic carbocycles. The second-order valence-corrected chi connectivity index (χ2v) is 11.7. The number of benzene rings is 1. The molecule has 4 rings (SSSR count). The summed E-state index contributed by atoms with van der Waals surface area (Å²) in [5.74, 6) is 1.70. The highest BCUT2D eigenvalue weighted by atomic mass is 32.2. The van der Waals surface area contributed by atoms with Crippen LogP contribution in [0.1, 0.15) is 56.5 Å². The minimum absolute atomic E-state index is 0.0123. The second-order valence-electron chi connectivity index (χ2n) is 10.4. The molecule has 2 aromatic heterocycles. The number of allylic oxidation sites excluding steroid dienone is 1. The number of hydrogen-bond acceptors (Lipinski definition) is 7. The van der Waals surface area contributed by atoms with Gasteiger partial charge >= 0.3 is 0 Å². The Bertz CT molecular complexity index is 1590. The molecule has 0 saturated carbocycles. The molecule has 8 nitrogen and oxygen atoms in total. The van der Waals surface area contributed by atoms with Gasteiger partial charge in [0.15, 0.2) is 0 Å². The van der Waals surface area contributed by atoms with Crippen molar-refractivity contribution in [3.63, 3.8) is 0 Å². The van der Waals surface area contributed by atoms with Crippen LogP contribution in [0.4, 0.5) is 11.5 Å². The molecule has 1 aliphatic rings. The lowest BCUT2D eigenvalue weighted by Crippen LogP contribution is -2.31. The molecule has 0 amide bonds. The van der Waals surface area contributed by atoms with E-state index in [0.717, 1.165) is 65.5 Å². The standard InChI is InChI=1S/C31H40N6O2S/c1-8-37(15-9-10-24-13-14-32-23(5)33-19-24)29-18-26-25(16-20(2)17-27(26)31(38)36(29)6)22(4)35-28-12-11-21(3)34-30(28)40(7)39/h11-13,16-19,22,35H,8-10,14-15H2,1-7H3/t22-,40?/m1/s1. The molecule has 0 saturated heterocycles. The minimum Gasteiger partial charge on any atom is -0.376 e. The molecule has 0 spiro atoms.